The summed E-state index contributed by atoms with van der Waals surface area (Å²) < 4.78 is 0. The first-order valence-corrected chi connectivity index (χ1v) is 7.04. The van der Waals surface area contributed by atoms with Crippen molar-refractivity contribution in [1.82, 2.24) is 0 Å². The van der Waals surface area contributed by atoms with Crippen molar-refractivity contribution in [3.8, 4) is 0 Å². The van der Waals surface area contributed by atoms with Crippen LogP contribution in [-0.4, -0.2) is 22.4 Å². The van der Waals surface area contributed by atoms with Crippen molar-refractivity contribution in [2.24, 2.45) is 11.3 Å². The molecular weight excluding hydrogens is 224 g/mol. The Hall–Kier alpha value is -0.860. The number of aliphatic hydroxyl groups is 2. The van der Waals surface area contributed by atoms with Crippen LogP contribution in [0.1, 0.15) is 39.0 Å². The van der Waals surface area contributed by atoms with E-state index in [9.17, 15) is 10.2 Å². The monoisotopic (exact) mass is 248 g/mol. The second-order valence-electron chi connectivity index (χ2n) is 5.58. The molecule has 2 rings (SSSR count). The van der Waals surface area contributed by atoms with Gasteiger partial charge in [0.25, 0.3) is 0 Å². The van der Waals surface area contributed by atoms with Gasteiger partial charge in [-0.2, -0.15) is 0 Å². The molecular formula is C16H24O2. The Morgan fingerprint density at radius 2 is 2.28 bits per heavy atom. The summed E-state index contributed by atoms with van der Waals surface area (Å²) in [6.45, 7) is 2.09. The number of aliphatic hydroxyl groups excluding tert-OH is 2. The van der Waals surface area contributed by atoms with Crippen molar-refractivity contribution in [2.45, 2.75) is 51.2 Å². The minimum absolute atomic E-state index is 0.00880. The highest BCUT2D eigenvalue weighted by Crippen LogP contribution is 2.51. The van der Waals surface area contributed by atoms with E-state index in [1.807, 2.05) is 12.2 Å². The molecule has 2 heteroatoms. The maximum Gasteiger partial charge on any atom is 0.0755 e. The van der Waals surface area contributed by atoms with Gasteiger partial charge in [0.15, 0.2) is 0 Å². The molecule has 0 aromatic heterocycles. The van der Waals surface area contributed by atoms with Gasteiger partial charge in [-0.3, -0.25) is 0 Å². The smallest absolute Gasteiger partial charge is 0.0755 e. The van der Waals surface area contributed by atoms with Gasteiger partial charge in [0, 0.05) is 5.41 Å². The van der Waals surface area contributed by atoms with Gasteiger partial charge in [-0.05, 0) is 38.0 Å². The second-order valence-corrected chi connectivity index (χ2v) is 5.58. The van der Waals surface area contributed by atoms with E-state index in [2.05, 4.69) is 31.2 Å². The summed E-state index contributed by atoms with van der Waals surface area (Å²) in [4.78, 5) is 0. The Balaban J connectivity index is 1.95. The Bertz CT molecular complexity index is 356. The van der Waals surface area contributed by atoms with Gasteiger partial charge in [0.1, 0.15) is 0 Å². The quantitative estimate of drug-likeness (QED) is 0.734. The standard InChI is InChI=1S/C16H24O2/c1-2-3-4-7-14(17)8-10-16-9-5-6-13(16)11-15(18)12-16/h3-5,8-10,13-15,17-18H,2,6-7,11-12H2,1H3/b4-3-,10-8+/t13?,14-,15?,16?/m0/s1. The third-order valence-corrected chi connectivity index (χ3v) is 4.16. The fraction of sp³-hybridized carbons (Fsp3) is 0.625. The first-order valence-electron chi connectivity index (χ1n) is 7.04. The van der Waals surface area contributed by atoms with E-state index < -0.39 is 6.10 Å². The average Bonchev–Trinajstić information content (AvgIpc) is 2.83. The van der Waals surface area contributed by atoms with E-state index in [0.29, 0.717) is 12.3 Å². The van der Waals surface area contributed by atoms with Gasteiger partial charge >= 0.3 is 0 Å². The molecule has 1 fully saturated rings. The molecule has 0 saturated heterocycles. The van der Waals surface area contributed by atoms with E-state index in [-0.39, 0.29) is 11.5 Å². The topological polar surface area (TPSA) is 40.5 Å². The fourth-order valence-electron chi connectivity index (χ4n) is 3.21. The normalized spacial score (nSPS) is 36.8. The van der Waals surface area contributed by atoms with Crippen LogP contribution in [0.25, 0.3) is 0 Å². The Morgan fingerprint density at radius 3 is 3.06 bits per heavy atom. The number of allylic oxidation sites excluding steroid dienone is 4. The molecule has 2 nitrogen and oxygen atoms in total. The molecule has 0 spiro atoms. The molecule has 100 valence electrons. The van der Waals surface area contributed by atoms with Crippen LogP contribution in [-0.2, 0) is 0 Å². The molecule has 2 aliphatic carbocycles. The summed E-state index contributed by atoms with van der Waals surface area (Å²) in [6.07, 6.45) is 16.4. The first-order chi connectivity index (χ1) is 8.66. The van der Waals surface area contributed by atoms with Crippen LogP contribution in [0, 0.1) is 11.3 Å². The lowest BCUT2D eigenvalue weighted by Crippen LogP contribution is -2.17. The largest absolute Gasteiger partial charge is 0.393 e. The van der Waals surface area contributed by atoms with Gasteiger partial charge in [0.05, 0.1) is 12.2 Å². The number of fused-ring (bicyclic) bond motifs is 1. The predicted molar refractivity (Wildman–Crippen MR) is 74.1 cm³/mol. The number of hydrogen-bond donors (Lipinski definition) is 2. The third-order valence-electron chi connectivity index (χ3n) is 4.16. The van der Waals surface area contributed by atoms with E-state index in [0.717, 1.165) is 25.7 Å². The van der Waals surface area contributed by atoms with Crippen molar-refractivity contribution in [3.05, 3.63) is 36.5 Å². The molecule has 0 aromatic carbocycles. The lowest BCUT2D eigenvalue weighted by molar-refractivity contribution is 0.173. The van der Waals surface area contributed by atoms with Crippen LogP contribution in [0.4, 0.5) is 0 Å². The molecule has 0 aliphatic heterocycles. The van der Waals surface area contributed by atoms with Gasteiger partial charge in [-0.1, -0.05) is 43.4 Å². The Labute approximate surface area is 110 Å². The zero-order valence-electron chi connectivity index (χ0n) is 11.1. The molecule has 18 heavy (non-hydrogen) atoms. The summed E-state index contributed by atoms with van der Waals surface area (Å²) in [5.74, 6) is 0.530. The summed E-state index contributed by atoms with van der Waals surface area (Å²) in [5, 5.41) is 19.7. The molecule has 1 saturated carbocycles. The molecule has 2 N–H and O–H groups in total. The van der Waals surface area contributed by atoms with Crippen molar-refractivity contribution in [3.63, 3.8) is 0 Å². The highest BCUT2D eigenvalue weighted by Gasteiger charge is 2.45. The van der Waals surface area contributed by atoms with Crippen LogP contribution in [0.2, 0.25) is 0 Å². The highest BCUT2D eigenvalue weighted by atomic mass is 16.3. The summed E-state index contributed by atoms with van der Waals surface area (Å²) in [5.41, 5.74) is 0.00880. The molecule has 0 aromatic rings. The lowest BCUT2D eigenvalue weighted by atomic mass is 9.80. The van der Waals surface area contributed by atoms with Gasteiger partial charge in [0.2, 0.25) is 0 Å². The van der Waals surface area contributed by atoms with Gasteiger partial charge < -0.3 is 10.2 Å². The first kappa shape index (κ1) is 13.6. The number of rotatable bonds is 5. The molecule has 2 aliphatic rings. The predicted octanol–water partition coefficient (Wildman–Crippen LogP) is 2.98. The number of hydrogen-bond acceptors (Lipinski definition) is 2. The van der Waals surface area contributed by atoms with E-state index >= 15 is 0 Å². The molecule has 3 unspecified atom stereocenters. The minimum atomic E-state index is -0.408. The van der Waals surface area contributed by atoms with Crippen LogP contribution in [0.5, 0.6) is 0 Å². The summed E-state index contributed by atoms with van der Waals surface area (Å²) in [6, 6.07) is 0. The molecule has 4 atom stereocenters. The Morgan fingerprint density at radius 1 is 1.44 bits per heavy atom. The minimum Gasteiger partial charge on any atom is -0.393 e. The maximum absolute atomic E-state index is 9.89. The molecule has 0 radical (unpaired) electrons. The van der Waals surface area contributed by atoms with E-state index in [1.54, 1.807) is 0 Å². The molecule has 0 amide bonds. The zero-order valence-corrected chi connectivity index (χ0v) is 11.1. The molecule has 0 heterocycles. The summed E-state index contributed by atoms with van der Waals surface area (Å²) >= 11 is 0. The Kier molecular flexibility index (Phi) is 4.41. The SMILES string of the molecule is CC/C=C\C[C@H](O)/C=C/C12C=CCC1CC(O)C2. The second kappa shape index (κ2) is 5.85. The fourth-order valence-corrected chi connectivity index (χ4v) is 3.21. The molecule has 0 bridgehead atoms. The van der Waals surface area contributed by atoms with Crippen molar-refractivity contribution < 1.29 is 10.2 Å². The van der Waals surface area contributed by atoms with Gasteiger partial charge in [-0.15, -0.1) is 0 Å². The van der Waals surface area contributed by atoms with Crippen LogP contribution < -0.4 is 0 Å². The van der Waals surface area contributed by atoms with E-state index in [1.165, 1.54) is 0 Å². The average molecular weight is 248 g/mol. The van der Waals surface area contributed by atoms with Crippen molar-refractivity contribution in [2.75, 3.05) is 0 Å². The van der Waals surface area contributed by atoms with Crippen molar-refractivity contribution >= 4 is 0 Å². The van der Waals surface area contributed by atoms with Crippen molar-refractivity contribution in [1.29, 1.82) is 0 Å². The van der Waals surface area contributed by atoms with E-state index in [4.69, 9.17) is 0 Å². The lowest BCUT2D eigenvalue weighted by Gasteiger charge is -2.24. The van der Waals surface area contributed by atoms with Crippen LogP contribution in [0.15, 0.2) is 36.5 Å². The highest BCUT2D eigenvalue weighted by molar-refractivity contribution is 5.24. The van der Waals surface area contributed by atoms with Crippen LogP contribution in [0.3, 0.4) is 0 Å². The maximum atomic E-state index is 9.89. The third kappa shape index (κ3) is 2.93. The van der Waals surface area contributed by atoms with Gasteiger partial charge in [-0.25, -0.2) is 0 Å². The van der Waals surface area contributed by atoms with Crippen LogP contribution >= 0.6 is 0 Å². The summed E-state index contributed by atoms with van der Waals surface area (Å²) in [7, 11) is 0. The zero-order chi connectivity index (χ0) is 13.0.